The Labute approximate surface area is 95.6 Å². The number of benzene rings is 1. The molecular formula is C14H16O2. The van der Waals surface area contributed by atoms with Crippen LogP contribution in [0.3, 0.4) is 0 Å². The summed E-state index contributed by atoms with van der Waals surface area (Å²) in [6.07, 6.45) is 5.74. The van der Waals surface area contributed by atoms with Crippen LogP contribution in [0.2, 0.25) is 0 Å². The van der Waals surface area contributed by atoms with Gasteiger partial charge < -0.3 is 4.74 Å². The van der Waals surface area contributed by atoms with E-state index in [2.05, 4.69) is 0 Å². The molecule has 1 heterocycles. The van der Waals surface area contributed by atoms with Crippen LogP contribution in [-0.2, 0) is 9.53 Å². The van der Waals surface area contributed by atoms with Crippen molar-refractivity contribution in [3.8, 4) is 0 Å². The lowest BCUT2D eigenvalue weighted by Gasteiger charge is -2.50. The van der Waals surface area contributed by atoms with Crippen LogP contribution in [0, 0.1) is 0 Å². The molecule has 84 valence electrons. The number of hydrogen-bond donors (Lipinski definition) is 0. The first kappa shape index (κ1) is 9.88. The van der Waals surface area contributed by atoms with Gasteiger partial charge in [-0.3, -0.25) is 4.79 Å². The fraction of sp³-hybridized carbons (Fsp3) is 0.500. The average molecular weight is 216 g/mol. The Bertz CT molecular complexity index is 390. The van der Waals surface area contributed by atoms with Crippen molar-refractivity contribution in [3.63, 3.8) is 0 Å². The van der Waals surface area contributed by atoms with E-state index in [4.69, 9.17) is 4.74 Å². The molecule has 0 amide bonds. The Balaban J connectivity index is 1.90. The van der Waals surface area contributed by atoms with Crippen LogP contribution in [0.1, 0.15) is 43.6 Å². The third kappa shape index (κ3) is 1.36. The summed E-state index contributed by atoms with van der Waals surface area (Å²) in [7, 11) is 0. The molecule has 2 nitrogen and oxygen atoms in total. The van der Waals surface area contributed by atoms with Crippen molar-refractivity contribution in [2.45, 2.75) is 43.6 Å². The molecule has 3 rings (SSSR count). The summed E-state index contributed by atoms with van der Waals surface area (Å²) >= 11 is 0. The highest BCUT2D eigenvalue weighted by molar-refractivity contribution is 5.86. The second kappa shape index (κ2) is 3.62. The maximum atomic E-state index is 11.7. The molecule has 0 bridgehead atoms. The molecule has 1 atom stereocenters. The van der Waals surface area contributed by atoms with Crippen LogP contribution in [0.25, 0.3) is 0 Å². The van der Waals surface area contributed by atoms with Crippen molar-refractivity contribution in [1.82, 2.24) is 0 Å². The van der Waals surface area contributed by atoms with Crippen LogP contribution in [0.4, 0.5) is 0 Å². The number of ether oxygens (including phenoxy) is 1. The topological polar surface area (TPSA) is 26.3 Å². The molecule has 2 heteroatoms. The predicted octanol–water partition coefficient (Wildman–Crippen LogP) is 3.03. The van der Waals surface area contributed by atoms with Gasteiger partial charge >= 0.3 is 5.97 Å². The van der Waals surface area contributed by atoms with Crippen LogP contribution in [0.5, 0.6) is 0 Å². The fourth-order valence-electron chi connectivity index (χ4n) is 3.10. The lowest BCUT2D eigenvalue weighted by molar-refractivity contribution is -0.206. The molecule has 0 radical (unpaired) electrons. The van der Waals surface area contributed by atoms with E-state index in [0.717, 1.165) is 18.4 Å². The van der Waals surface area contributed by atoms with Crippen molar-refractivity contribution in [2.24, 2.45) is 0 Å². The van der Waals surface area contributed by atoms with Crippen LogP contribution >= 0.6 is 0 Å². The van der Waals surface area contributed by atoms with Gasteiger partial charge in [-0.05, 0) is 31.2 Å². The van der Waals surface area contributed by atoms with E-state index in [1.54, 1.807) is 0 Å². The first-order valence-electron chi connectivity index (χ1n) is 6.10. The summed E-state index contributed by atoms with van der Waals surface area (Å²) in [5.74, 6) is -0.0397. The smallest absolute Gasteiger partial charge is 0.318 e. The first-order chi connectivity index (χ1) is 7.82. The second-order valence-corrected chi connectivity index (χ2v) is 4.89. The van der Waals surface area contributed by atoms with Crippen LogP contribution < -0.4 is 0 Å². The van der Waals surface area contributed by atoms with E-state index >= 15 is 0 Å². The SMILES string of the molecule is O=C1OC2(CCCCC2)C1c1ccccc1. The summed E-state index contributed by atoms with van der Waals surface area (Å²) in [6.45, 7) is 0. The van der Waals surface area contributed by atoms with Gasteiger partial charge in [-0.15, -0.1) is 0 Å². The van der Waals surface area contributed by atoms with Crippen molar-refractivity contribution < 1.29 is 9.53 Å². The van der Waals surface area contributed by atoms with Gasteiger partial charge in [0.05, 0.1) is 0 Å². The molecule has 1 saturated carbocycles. The van der Waals surface area contributed by atoms with Gasteiger partial charge in [0.25, 0.3) is 0 Å². The standard InChI is InChI=1S/C14H16O2/c15-13-12(11-7-3-1-4-8-11)14(16-13)9-5-2-6-10-14/h1,3-4,7-8,12H,2,5-6,9-10H2. The number of esters is 1. The summed E-state index contributed by atoms with van der Waals surface area (Å²) < 4.78 is 5.50. The predicted molar refractivity (Wildman–Crippen MR) is 61.1 cm³/mol. The van der Waals surface area contributed by atoms with Crippen molar-refractivity contribution in [1.29, 1.82) is 0 Å². The maximum absolute atomic E-state index is 11.7. The molecule has 1 saturated heterocycles. The van der Waals surface area contributed by atoms with E-state index < -0.39 is 0 Å². The number of carbonyl (C=O) groups is 1. The van der Waals surface area contributed by atoms with Crippen molar-refractivity contribution >= 4 is 5.97 Å². The summed E-state index contributed by atoms with van der Waals surface area (Å²) in [4.78, 5) is 11.7. The average Bonchev–Trinajstić information content (AvgIpc) is 2.31. The molecule has 1 unspecified atom stereocenters. The van der Waals surface area contributed by atoms with Gasteiger partial charge in [0.1, 0.15) is 11.5 Å². The monoisotopic (exact) mass is 216 g/mol. The lowest BCUT2D eigenvalue weighted by Crippen LogP contribution is -2.56. The van der Waals surface area contributed by atoms with Crippen molar-refractivity contribution in [3.05, 3.63) is 35.9 Å². The number of hydrogen-bond acceptors (Lipinski definition) is 2. The Hall–Kier alpha value is -1.31. The largest absolute Gasteiger partial charge is 0.457 e. The Morgan fingerprint density at radius 2 is 1.75 bits per heavy atom. The zero-order valence-corrected chi connectivity index (χ0v) is 9.32. The maximum Gasteiger partial charge on any atom is 0.318 e. The van der Waals surface area contributed by atoms with Gasteiger partial charge in [0, 0.05) is 0 Å². The number of rotatable bonds is 1. The third-order valence-electron chi connectivity index (χ3n) is 3.90. The summed E-state index contributed by atoms with van der Waals surface area (Å²) in [6, 6.07) is 10.1. The van der Waals surface area contributed by atoms with Gasteiger partial charge in [0.2, 0.25) is 0 Å². The molecule has 1 spiro atoms. The number of carbonyl (C=O) groups excluding carboxylic acids is 1. The molecule has 2 aliphatic rings. The van der Waals surface area contributed by atoms with E-state index in [0.29, 0.717) is 0 Å². The normalized spacial score (nSPS) is 27.2. The summed E-state index contributed by atoms with van der Waals surface area (Å²) in [5.41, 5.74) is 0.970. The molecule has 1 aliphatic heterocycles. The zero-order valence-electron chi connectivity index (χ0n) is 9.32. The minimum Gasteiger partial charge on any atom is -0.457 e. The highest BCUT2D eigenvalue weighted by Gasteiger charge is 2.56. The van der Waals surface area contributed by atoms with Gasteiger partial charge in [-0.2, -0.15) is 0 Å². The molecule has 16 heavy (non-hydrogen) atoms. The van der Waals surface area contributed by atoms with E-state index in [9.17, 15) is 4.79 Å². The van der Waals surface area contributed by atoms with Crippen molar-refractivity contribution in [2.75, 3.05) is 0 Å². The lowest BCUT2D eigenvalue weighted by atomic mass is 9.69. The second-order valence-electron chi connectivity index (χ2n) is 4.89. The molecule has 1 aliphatic carbocycles. The minimum absolute atomic E-state index is 0.00556. The Morgan fingerprint density at radius 3 is 2.38 bits per heavy atom. The summed E-state index contributed by atoms with van der Waals surface area (Å²) in [5, 5.41) is 0. The highest BCUT2D eigenvalue weighted by Crippen LogP contribution is 2.50. The quantitative estimate of drug-likeness (QED) is 0.674. The van der Waals surface area contributed by atoms with Crippen LogP contribution in [0.15, 0.2) is 30.3 Å². The first-order valence-corrected chi connectivity index (χ1v) is 6.10. The highest BCUT2D eigenvalue weighted by atomic mass is 16.6. The van der Waals surface area contributed by atoms with E-state index in [1.807, 2.05) is 30.3 Å². The van der Waals surface area contributed by atoms with Gasteiger partial charge in [0.15, 0.2) is 0 Å². The molecular weight excluding hydrogens is 200 g/mol. The molecule has 1 aromatic carbocycles. The Morgan fingerprint density at radius 1 is 1.06 bits per heavy atom. The molecule has 0 aromatic heterocycles. The third-order valence-corrected chi connectivity index (χ3v) is 3.90. The van der Waals surface area contributed by atoms with E-state index in [1.165, 1.54) is 19.3 Å². The van der Waals surface area contributed by atoms with Crippen LogP contribution in [-0.4, -0.2) is 11.6 Å². The zero-order chi connectivity index (χ0) is 11.0. The molecule has 0 N–H and O–H groups in total. The minimum atomic E-state index is -0.156. The van der Waals surface area contributed by atoms with Gasteiger partial charge in [-0.25, -0.2) is 0 Å². The molecule has 1 aromatic rings. The van der Waals surface area contributed by atoms with E-state index in [-0.39, 0.29) is 17.5 Å². The fourth-order valence-corrected chi connectivity index (χ4v) is 3.10. The van der Waals surface area contributed by atoms with Gasteiger partial charge in [-0.1, -0.05) is 36.8 Å². The molecule has 2 fully saturated rings. The Kier molecular flexibility index (Phi) is 2.23.